The first-order valence-electron chi connectivity index (χ1n) is 6.18. The first-order valence-corrected chi connectivity index (χ1v) is 6.18. The van der Waals surface area contributed by atoms with Crippen molar-refractivity contribution in [3.63, 3.8) is 0 Å². The van der Waals surface area contributed by atoms with E-state index in [1.54, 1.807) is 0 Å². The molecule has 88 valence electrons. The molecule has 3 nitrogen and oxygen atoms in total. The lowest BCUT2D eigenvalue weighted by Gasteiger charge is -2.22. The highest BCUT2D eigenvalue weighted by molar-refractivity contribution is 5.22. The normalized spacial score (nSPS) is 21.1. The van der Waals surface area contributed by atoms with Crippen molar-refractivity contribution in [2.45, 2.75) is 40.0 Å². The molecule has 1 fully saturated rings. The van der Waals surface area contributed by atoms with Gasteiger partial charge in [0.2, 0.25) is 0 Å². The molecule has 1 aliphatic rings. The number of rotatable bonds is 2. The van der Waals surface area contributed by atoms with Crippen LogP contribution >= 0.6 is 0 Å². The van der Waals surface area contributed by atoms with Gasteiger partial charge in [-0.25, -0.2) is 9.97 Å². The van der Waals surface area contributed by atoms with Crippen LogP contribution in [0, 0.1) is 26.7 Å². The number of aromatic nitrogens is 2. The Kier molecular flexibility index (Phi) is 3.54. The molecule has 1 aliphatic heterocycles. The van der Waals surface area contributed by atoms with Crippen LogP contribution in [-0.4, -0.2) is 23.1 Å². The molecular weight excluding hydrogens is 198 g/mol. The SMILES string of the molecule is Cc1nc(CC2CCCNC2)nc(C)c1C. The van der Waals surface area contributed by atoms with Gasteiger partial charge in [-0.1, -0.05) is 0 Å². The van der Waals surface area contributed by atoms with E-state index in [4.69, 9.17) is 0 Å². The van der Waals surface area contributed by atoms with Crippen molar-refractivity contribution in [1.82, 2.24) is 15.3 Å². The Hall–Kier alpha value is -0.960. The van der Waals surface area contributed by atoms with Crippen LogP contribution in [0.4, 0.5) is 0 Å². The van der Waals surface area contributed by atoms with E-state index in [-0.39, 0.29) is 0 Å². The fraction of sp³-hybridized carbons (Fsp3) is 0.692. The smallest absolute Gasteiger partial charge is 0.129 e. The molecule has 0 aromatic carbocycles. The van der Waals surface area contributed by atoms with E-state index in [9.17, 15) is 0 Å². The molecule has 0 aliphatic carbocycles. The Bertz CT molecular complexity index is 344. The van der Waals surface area contributed by atoms with Crippen molar-refractivity contribution < 1.29 is 0 Å². The predicted octanol–water partition coefficient (Wildman–Crippen LogP) is 1.94. The number of hydrogen-bond donors (Lipinski definition) is 1. The third kappa shape index (κ3) is 2.59. The second kappa shape index (κ2) is 4.91. The molecule has 1 unspecified atom stereocenters. The Morgan fingerprint density at radius 2 is 1.88 bits per heavy atom. The molecule has 0 radical (unpaired) electrons. The lowest BCUT2D eigenvalue weighted by Crippen LogP contribution is -2.31. The highest BCUT2D eigenvalue weighted by Gasteiger charge is 2.15. The number of piperidine rings is 1. The Labute approximate surface area is 97.7 Å². The number of aryl methyl sites for hydroxylation is 2. The summed E-state index contributed by atoms with van der Waals surface area (Å²) in [4.78, 5) is 9.18. The summed E-state index contributed by atoms with van der Waals surface area (Å²) in [6.07, 6.45) is 3.62. The van der Waals surface area contributed by atoms with E-state index in [2.05, 4.69) is 36.1 Å². The number of hydrogen-bond acceptors (Lipinski definition) is 3. The first-order chi connectivity index (χ1) is 7.66. The summed E-state index contributed by atoms with van der Waals surface area (Å²) in [5.74, 6) is 1.74. The largest absolute Gasteiger partial charge is 0.316 e. The first kappa shape index (κ1) is 11.5. The molecule has 2 heterocycles. The molecule has 2 rings (SSSR count). The van der Waals surface area contributed by atoms with Gasteiger partial charge in [-0.05, 0) is 58.2 Å². The minimum Gasteiger partial charge on any atom is -0.316 e. The van der Waals surface area contributed by atoms with Crippen LogP contribution in [0.2, 0.25) is 0 Å². The molecule has 1 saturated heterocycles. The summed E-state index contributed by atoms with van der Waals surface area (Å²) >= 11 is 0. The third-order valence-electron chi connectivity index (χ3n) is 3.55. The molecule has 1 atom stereocenters. The average molecular weight is 219 g/mol. The van der Waals surface area contributed by atoms with E-state index in [1.807, 2.05) is 0 Å². The van der Waals surface area contributed by atoms with Gasteiger partial charge < -0.3 is 5.32 Å². The van der Waals surface area contributed by atoms with Gasteiger partial charge in [0.25, 0.3) is 0 Å². The minimum absolute atomic E-state index is 0.718. The zero-order valence-corrected chi connectivity index (χ0v) is 10.5. The zero-order chi connectivity index (χ0) is 11.5. The quantitative estimate of drug-likeness (QED) is 0.826. The summed E-state index contributed by atoms with van der Waals surface area (Å²) in [6, 6.07) is 0. The van der Waals surface area contributed by atoms with Gasteiger partial charge in [0, 0.05) is 17.8 Å². The topological polar surface area (TPSA) is 37.8 Å². The van der Waals surface area contributed by atoms with Crippen LogP contribution < -0.4 is 5.32 Å². The molecule has 3 heteroatoms. The summed E-state index contributed by atoms with van der Waals surface area (Å²) in [5, 5.41) is 3.44. The molecular formula is C13H21N3. The highest BCUT2D eigenvalue weighted by atomic mass is 14.9. The van der Waals surface area contributed by atoms with Crippen LogP contribution in [0.3, 0.4) is 0 Å². The summed E-state index contributed by atoms with van der Waals surface area (Å²) in [6.45, 7) is 8.54. The van der Waals surface area contributed by atoms with Crippen LogP contribution in [0.1, 0.15) is 35.6 Å². The van der Waals surface area contributed by atoms with E-state index in [0.717, 1.165) is 36.1 Å². The maximum absolute atomic E-state index is 4.59. The average Bonchev–Trinajstić information content (AvgIpc) is 2.27. The molecule has 0 bridgehead atoms. The Morgan fingerprint density at radius 1 is 1.19 bits per heavy atom. The van der Waals surface area contributed by atoms with Crippen LogP contribution in [0.25, 0.3) is 0 Å². The highest BCUT2D eigenvalue weighted by Crippen LogP contribution is 2.16. The fourth-order valence-corrected chi connectivity index (χ4v) is 2.29. The van der Waals surface area contributed by atoms with Crippen molar-refractivity contribution >= 4 is 0 Å². The summed E-state index contributed by atoms with van der Waals surface area (Å²) in [7, 11) is 0. The van der Waals surface area contributed by atoms with Crippen LogP contribution in [0.15, 0.2) is 0 Å². The predicted molar refractivity (Wildman–Crippen MR) is 65.5 cm³/mol. The maximum Gasteiger partial charge on any atom is 0.129 e. The van der Waals surface area contributed by atoms with Crippen molar-refractivity contribution in [2.24, 2.45) is 5.92 Å². The van der Waals surface area contributed by atoms with E-state index in [1.165, 1.54) is 24.9 Å². The van der Waals surface area contributed by atoms with Crippen molar-refractivity contribution in [3.05, 3.63) is 22.8 Å². The van der Waals surface area contributed by atoms with Crippen molar-refractivity contribution in [2.75, 3.05) is 13.1 Å². The van der Waals surface area contributed by atoms with E-state index >= 15 is 0 Å². The van der Waals surface area contributed by atoms with E-state index < -0.39 is 0 Å². The fourth-order valence-electron chi connectivity index (χ4n) is 2.29. The molecule has 1 aromatic heterocycles. The van der Waals surface area contributed by atoms with Crippen LogP contribution in [0.5, 0.6) is 0 Å². The standard InChI is InChI=1S/C13H21N3/c1-9-10(2)15-13(16-11(9)3)7-12-5-4-6-14-8-12/h12,14H,4-8H2,1-3H3. The minimum atomic E-state index is 0.718. The summed E-state index contributed by atoms with van der Waals surface area (Å²) in [5.41, 5.74) is 3.49. The van der Waals surface area contributed by atoms with Gasteiger partial charge in [0.05, 0.1) is 0 Å². The van der Waals surface area contributed by atoms with Crippen LogP contribution in [-0.2, 0) is 6.42 Å². The monoisotopic (exact) mass is 219 g/mol. The van der Waals surface area contributed by atoms with Gasteiger partial charge in [-0.3, -0.25) is 0 Å². The molecule has 0 spiro atoms. The van der Waals surface area contributed by atoms with Crippen molar-refractivity contribution in [3.8, 4) is 0 Å². The van der Waals surface area contributed by atoms with Gasteiger partial charge in [0.15, 0.2) is 0 Å². The number of nitrogens with zero attached hydrogens (tertiary/aromatic N) is 2. The second-order valence-corrected chi connectivity index (χ2v) is 4.85. The van der Waals surface area contributed by atoms with Gasteiger partial charge in [-0.15, -0.1) is 0 Å². The van der Waals surface area contributed by atoms with Gasteiger partial charge in [-0.2, -0.15) is 0 Å². The number of nitrogens with one attached hydrogen (secondary N) is 1. The molecule has 1 aromatic rings. The van der Waals surface area contributed by atoms with E-state index in [0.29, 0.717) is 0 Å². The molecule has 16 heavy (non-hydrogen) atoms. The Balaban J connectivity index is 2.09. The lowest BCUT2D eigenvalue weighted by molar-refractivity contribution is 0.370. The second-order valence-electron chi connectivity index (χ2n) is 4.85. The molecule has 0 saturated carbocycles. The zero-order valence-electron chi connectivity index (χ0n) is 10.5. The van der Waals surface area contributed by atoms with Gasteiger partial charge >= 0.3 is 0 Å². The molecule has 0 amide bonds. The molecule has 1 N–H and O–H groups in total. The maximum atomic E-state index is 4.59. The van der Waals surface area contributed by atoms with Crippen molar-refractivity contribution in [1.29, 1.82) is 0 Å². The Morgan fingerprint density at radius 3 is 2.44 bits per heavy atom. The lowest BCUT2D eigenvalue weighted by atomic mass is 9.96. The third-order valence-corrected chi connectivity index (χ3v) is 3.55. The summed E-state index contributed by atoms with van der Waals surface area (Å²) < 4.78 is 0. The van der Waals surface area contributed by atoms with Gasteiger partial charge in [0.1, 0.15) is 5.82 Å².